The summed E-state index contributed by atoms with van der Waals surface area (Å²) in [6.45, 7) is 5.15. The molecule has 6 nitrogen and oxygen atoms in total. The number of allylic oxidation sites excluding steroid dienone is 2. The molecular weight excluding hydrogens is 410 g/mol. The highest BCUT2D eigenvalue weighted by molar-refractivity contribution is 5.83. The largest absolute Gasteiger partial charge is 0.342 e. The molecule has 1 saturated heterocycles. The van der Waals surface area contributed by atoms with Crippen LogP contribution < -0.4 is 0 Å². The Kier molecular flexibility index (Phi) is 6.24. The molecule has 1 unspecified atom stereocenters. The SMILES string of the molecule is CC1=CCC=CC1C(=O)N1CCC(c2nccn2Cc2nccn2Cc2ccccc2)CC1. The Balaban J connectivity index is 1.23. The average molecular weight is 442 g/mol. The van der Waals surface area contributed by atoms with Gasteiger partial charge in [0, 0.05) is 50.3 Å². The minimum atomic E-state index is -0.0826. The number of likely N-dealkylation sites (tertiary alicyclic amines) is 1. The average Bonchev–Trinajstić information content (AvgIpc) is 3.50. The van der Waals surface area contributed by atoms with Gasteiger partial charge in [-0.1, -0.05) is 54.1 Å². The molecule has 1 aliphatic heterocycles. The number of carbonyl (C=O) groups is 1. The van der Waals surface area contributed by atoms with E-state index in [4.69, 9.17) is 4.98 Å². The molecule has 3 aromatic rings. The van der Waals surface area contributed by atoms with E-state index in [2.05, 4.69) is 69.7 Å². The molecule has 0 N–H and O–H groups in total. The number of rotatable bonds is 6. The molecule has 2 aliphatic rings. The van der Waals surface area contributed by atoms with Crippen LogP contribution in [0, 0.1) is 5.92 Å². The highest BCUT2D eigenvalue weighted by atomic mass is 16.2. The molecule has 1 aliphatic carbocycles. The lowest BCUT2D eigenvalue weighted by Crippen LogP contribution is -2.41. The smallest absolute Gasteiger partial charge is 0.233 e. The van der Waals surface area contributed by atoms with Gasteiger partial charge in [-0.2, -0.15) is 0 Å². The molecule has 0 radical (unpaired) electrons. The summed E-state index contributed by atoms with van der Waals surface area (Å²) in [5, 5.41) is 0. The summed E-state index contributed by atoms with van der Waals surface area (Å²) >= 11 is 0. The third kappa shape index (κ3) is 4.70. The topological polar surface area (TPSA) is 56.0 Å². The number of hydrogen-bond donors (Lipinski definition) is 0. The van der Waals surface area contributed by atoms with Crippen LogP contribution in [-0.2, 0) is 17.9 Å². The predicted molar refractivity (Wildman–Crippen MR) is 129 cm³/mol. The van der Waals surface area contributed by atoms with E-state index < -0.39 is 0 Å². The first-order valence-corrected chi connectivity index (χ1v) is 11.9. The molecule has 1 amide bonds. The van der Waals surface area contributed by atoms with Crippen LogP contribution in [0.15, 0.2) is 78.9 Å². The molecule has 33 heavy (non-hydrogen) atoms. The van der Waals surface area contributed by atoms with E-state index in [1.807, 2.05) is 29.6 Å². The van der Waals surface area contributed by atoms with Crippen molar-refractivity contribution in [1.82, 2.24) is 24.0 Å². The summed E-state index contributed by atoms with van der Waals surface area (Å²) < 4.78 is 4.43. The van der Waals surface area contributed by atoms with Crippen molar-refractivity contribution < 1.29 is 4.79 Å². The Bertz CT molecular complexity index is 1150. The molecule has 1 atom stereocenters. The lowest BCUT2D eigenvalue weighted by molar-refractivity contribution is -0.134. The number of hydrogen-bond acceptors (Lipinski definition) is 3. The van der Waals surface area contributed by atoms with Gasteiger partial charge in [0.15, 0.2) is 0 Å². The minimum absolute atomic E-state index is 0.0826. The van der Waals surface area contributed by atoms with E-state index in [1.54, 1.807) is 0 Å². The van der Waals surface area contributed by atoms with Crippen LogP contribution in [0.4, 0.5) is 0 Å². The fraction of sp³-hybridized carbons (Fsp3) is 0.370. The summed E-state index contributed by atoms with van der Waals surface area (Å²) in [7, 11) is 0. The van der Waals surface area contributed by atoms with E-state index >= 15 is 0 Å². The number of aromatic nitrogens is 4. The molecule has 1 fully saturated rings. The van der Waals surface area contributed by atoms with Crippen molar-refractivity contribution in [2.45, 2.75) is 45.2 Å². The van der Waals surface area contributed by atoms with Gasteiger partial charge in [0.1, 0.15) is 11.6 Å². The van der Waals surface area contributed by atoms with E-state index in [0.29, 0.717) is 12.5 Å². The van der Waals surface area contributed by atoms with Gasteiger partial charge in [-0.05, 0) is 31.7 Å². The van der Waals surface area contributed by atoms with Crippen LogP contribution >= 0.6 is 0 Å². The highest BCUT2D eigenvalue weighted by Crippen LogP contribution is 2.29. The maximum absolute atomic E-state index is 13.0. The zero-order chi connectivity index (χ0) is 22.6. The molecule has 0 spiro atoms. The molecule has 2 aromatic heterocycles. The number of amides is 1. The fourth-order valence-corrected chi connectivity index (χ4v) is 4.96. The van der Waals surface area contributed by atoms with Gasteiger partial charge < -0.3 is 14.0 Å². The van der Waals surface area contributed by atoms with Gasteiger partial charge in [-0.3, -0.25) is 4.79 Å². The second-order valence-electron chi connectivity index (χ2n) is 9.06. The first-order valence-electron chi connectivity index (χ1n) is 11.9. The van der Waals surface area contributed by atoms with Gasteiger partial charge in [0.25, 0.3) is 0 Å². The number of carbonyl (C=O) groups excluding carboxylic acids is 1. The van der Waals surface area contributed by atoms with Crippen molar-refractivity contribution in [3.05, 3.63) is 96.1 Å². The van der Waals surface area contributed by atoms with Gasteiger partial charge in [0.05, 0.1) is 12.5 Å². The maximum Gasteiger partial charge on any atom is 0.233 e. The second kappa shape index (κ2) is 9.61. The van der Waals surface area contributed by atoms with Crippen LogP contribution in [0.2, 0.25) is 0 Å². The van der Waals surface area contributed by atoms with Gasteiger partial charge in [0.2, 0.25) is 5.91 Å². The summed E-state index contributed by atoms with van der Waals surface area (Å²) in [4.78, 5) is 24.4. The number of piperidine rings is 1. The third-order valence-corrected chi connectivity index (χ3v) is 6.89. The van der Waals surface area contributed by atoms with Crippen molar-refractivity contribution in [2.24, 2.45) is 5.92 Å². The summed E-state index contributed by atoms with van der Waals surface area (Å²) in [6.07, 6.45) is 17.0. The highest BCUT2D eigenvalue weighted by Gasteiger charge is 2.30. The van der Waals surface area contributed by atoms with Crippen LogP contribution in [0.5, 0.6) is 0 Å². The van der Waals surface area contributed by atoms with Crippen LogP contribution in [-0.4, -0.2) is 43.0 Å². The Morgan fingerprint density at radius 1 is 1.00 bits per heavy atom. The van der Waals surface area contributed by atoms with Gasteiger partial charge in [-0.15, -0.1) is 0 Å². The summed E-state index contributed by atoms with van der Waals surface area (Å²) in [6, 6.07) is 10.5. The second-order valence-corrected chi connectivity index (χ2v) is 9.06. The standard InChI is InChI=1S/C27H31N5O/c1-21-7-5-6-10-24(21)27(33)30-15-11-23(12-16-30)26-29-14-18-32(26)20-25-28-13-17-31(25)19-22-8-3-2-4-9-22/h2-4,6-10,13-14,17-18,23-24H,5,11-12,15-16,19-20H2,1H3. The minimum Gasteiger partial charge on any atom is -0.342 e. The molecule has 170 valence electrons. The first-order chi connectivity index (χ1) is 16.2. The lowest BCUT2D eigenvalue weighted by Gasteiger charge is -2.34. The Hall–Kier alpha value is -3.41. The summed E-state index contributed by atoms with van der Waals surface area (Å²) in [5.74, 6) is 2.65. The monoisotopic (exact) mass is 441 g/mol. The molecule has 6 heteroatoms. The zero-order valence-electron chi connectivity index (χ0n) is 19.2. The van der Waals surface area contributed by atoms with Crippen molar-refractivity contribution in [1.29, 1.82) is 0 Å². The van der Waals surface area contributed by atoms with E-state index in [9.17, 15) is 4.79 Å². The first kappa shape index (κ1) is 21.4. The van der Waals surface area contributed by atoms with Gasteiger partial charge in [-0.25, -0.2) is 9.97 Å². The van der Waals surface area contributed by atoms with E-state index in [1.165, 1.54) is 11.1 Å². The zero-order valence-corrected chi connectivity index (χ0v) is 19.2. The molecular formula is C27H31N5O. The van der Waals surface area contributed by atoms with E-state index in [0.717, 1.165) is 50.5 Å². The maximum atomic E-state index is 13.0. The van der Waals surface area contributed by atoms with E-state index in [-0.39, 0.29) is 11.8 Å². The van der Waals surface area contributed by atoms with Crippen LogP contribution in [0.25, 0.3) is 0 Å². The van der Waals surface area contributed by atoms with Crippen LogP contribution in [0.3, 0.4) is 0 Å². The molecule has 3 heterocycles. The quantitative estimate of drug-likeness (QED) is 0.533. The molecule has 0 bridgehead atoms. The molecule has 0 saturated carbocycles. The fourth-order valence-electron chi connectivity index (χ4n) is 4.96. The van der Waals surface area contributed by atoms with Crippen molar-refractivity contribution in [3.8, 4) is 0 Å². The molecule has 1 aromatic carbocycles. The number of benzene rings is 1. The normalized spacial score (nSPS) is 19.0. The summed E-state index contributed by atoms with van der Waals surface area (Å²) in [5.41, 5.74) is 2.43. The van der Waals surface area contributed by atoms with Gasteiger partial charge >= 0.3 is 0 Å². The van der Waals surface area contributed by atoms with Crippen molar-refractivity contribution >= 4 is 5.91 Å². The number of imidazole rings is 2. The lowest BCUT2D eigenvalue weighted by atomic mass is 9.90. The Morgan fingerprint density at radius 3 is 2.55 bits per heavy atom. The van der Waals surface area contributed by atoms with Crippen molar-refractivity contribution in [2.75, 3.05) is 13.1 Å². The molecule has 5 rings (SSSR count). The van der Waals surface area contributed by atoms with Crippen LogP contribution in [0.1, 0.15) is 49.3 Å². The third-order valence-electron chi connectivity index (χ3n) is 6.89. The Labute approximate surface area is 195 Å². The predicted octanol–water partition coefficient (Wildman–Crippen LogP) is 4.40. The number of nitrogens with zero attached hydrogens (tertiary/aromatic N) is 5. The van der Waals surface area contributed by atoms with Crippen molar-refractivity contribution in [3.63, 3.8) is 0 Å². The Morgan fingerprint density at radius 2 is 1.76 bits per heavy atom.